The van der Waals surface area contributed by atoms with E-state index in [9.17, 15) is 0 Å². The lowest BCUT2D eigenvalue weighted by molar-refractivity contribution is 0.669. The Morgan fingerprint density at radius 3 is 2.52 bits per heavy atom. The highest BCUT2D eigenvalue weighted by atomic mass is 16.3. The van der Waals surface area contributed by atoms with E-state index in [1.54, 1.807) is 6.08 Å². The van der Waals surface area contributed by atoms with Crippen LogP contribution in [-0.4, -0.2) is 4.98 Å². The second-order valence-electron chi connectivity index (χ2n) is 7.23. The number of furan rings is 1. The third-order valence-electron chi connectivity index (χ3n) is 5.39. The molecule has 3 aromatic carbocycles. The molecule has 2 heterocycles. The molecule has 2 N–H and O–H groups in total. The Hall–Kier alpha value is -4.36. The SMILES string of the molecule is N#CC/C=C(\C=C/N)c1cccc(-c2cc3oc4ccccc4c3c3ccccc23)n1. The van der Waals surface area contributed by atoms with Gasteiger partial charge in [-0.25, -0.2) is 4.98 Å². The number of hydrogen-bond acceptors (Lipinski definition) is 4. The van der Waals surface area contributed by atoms with Crippen molar-refractivity contribution in [1.29, 1.82) is 5.26 Å². The van der Waals surface area contributed by atoms with E-state index < -0.39 is 0 Å². The van der Waals surface area contributed by atoms with Gasteiger partial charge in [0.2, 0.25) is 0 Å². The summed E-state index contributed by atoms with van der Waals surface area (Å²) in [4.78, 5) is 4.90. The first-order valence-electron chi connectivity index (χ1n) is 10.1. The zero-order valence-electron chi connectivity index (χ0n) is 16.7. The van der Waals surface area contributed by atoms with Gasteiger partial charge in [0.1, 0.15) is 11.2 Å². The molecule has 4 nitrogen and oxygen atoms in total. The van der Waals surface area contributed by atoms with E-state index >= 15 is 0 Å². The van der Waals surface area contributed by atoms with Crippen molar-refractivity contribution in [2.75, 3.05) is 0 Å². The van der Waals surface area contributed by atoms with Gasteiger partial charge in [0.25, 0.3) is 0 Å². The summed E-state index contributed by atoms with van der Waals surface area (Å²) in [6, 6.07) is 26.5. The monoisotopic (exact) mass is 401 g/mol. The summed E-state index contributed by atoms with van der Waals surface area (Å²) >= 11 is 0. The van der Waals surface area contributed by atoms with Crippen LogP contribution in [0.3, 0.4) is 0 Å². The molecule has 5 aromatic rings. The van der Waals surface area contributed by atoms with Crippen LogP contribution in [0.15, 0.2) is 95.6 Å². The van der Waals surface area contributed by atoms with Crippen molar-refractivity contribution in [3.8, 4) is 17.3 Å². The first-order chi connectivity index (χ1) is 15.3. The molecule has 0 spiro atoms. The molecule has 0 amide bonds. The van der Waals surface area contributed by atoms with Crippen molar-refractivity contribution in [2.24, 2.45) is 5.73 Å². The summed E-state index contributed by atoms with van der Waals surface area (Å²) < 4.78 is 6.19. The van der Waals surface area contributed by atoms with Gasteiger partial charge in [0.05, 0.1) is 23.9 Å². The fourth-order valence-corrected chi connectivity index (χ4v) is 4.06. The first-order valence-corrected chi connectivity index (χ1v) is 10.1. The predicted octanol–water partition coefficient (Wildman–Crippen LogP) is 6.57. The number of allylic oxidation sites excluding steroid dienone is 3. The Morgan fingerprint density at radius 2 is 1.71 bits per heavy atom. The van der Waals surface area contributed by atoms with Crippen molar-refractivity contribution in [2.45, 2.75) is 6.42 Å². The average molecular weight is 401 g/mol. The molecule has 0 unspecified atom stereocenters. The lowest BCUT2D eigenvalue weighted by atomic mass is 9.97. The number of benzene rings is 3. The number of para-hydroxylation sites is 1. The third kappa shape index (κ3) is 3.23. The van der Waals surface area contributed by atoms with Crippen LogP contribution >= 0.6 is 0 Å². The number of aromatic nitrogens is 1. The smallest absolute Gasteiger partial charge is 0.136 e. The van der Waals surface area contributed by atoms with Gasteiger partial charge in [-0.3, -0.25) is 0 Å². The van der Waals surface area contributed by atoms with E-state index in [4.69, 9.17) is 20.4 Å². The minimum absolute atomic E-state index is 0.291. The maximum absolute atomic E-state index is 8.96. The highest BCUT2D eigenvalue weighted by molar-refractivity contribution is 6.21. The summed E-state index contributed by atoms with van der Waals surface area (Å²) in [5.41, 5.74) is 10.7. The summed E-state index contributed by atoms with van der Waals surface area (Å²) in [7, 11) is 0. The Morgan fingerprint density at radius 1 is 0.935 bits per heavy atom. The molecular formula is C27H19N3O. The van der Waals surface area contributed by atoms with E-state index in [0.717, 1.165) is 55.2 Å². The van der Waals surface area contributed by atoms with Gasteiger partial charge >= 0.3 is 0 Å². The summed E-state index contributed by atoms with van der Waals surface area (Å²) in [5.74, 6) is 0. The lowest BCUT2D eigenvalue weighted by Gasteiger charge is -2.10. The van der Waals surface area contributed by atoms with Gasteiger partial charge in [-0.05, 0) is 52.9 Å². The van der Waals surface area contributed by atoms with Crippen molar-refractivity contribution in [1.82, 2.24) is 4.98 Å². The minimum atomic E-state index is 0.291. The standard InChI is InChI=1S/C27H19N3O/c28-15-6-7-18(14-16-29)23-11-5-12-24(30-23)22-17-26-27(20-9-2-1-8-19(20)22)21-10-3-4-13-25(21)31-26/h1-5,7-14,16-17H,6,29H2/b16-14-,18-7+. The molecule has 0 aliphatic rings. The fraction of sp³-hybridized carbons (Fsp3) is 0.0370. The maximum Gasteiger partial charge on any atom is 0.136 e. The normalized spacial score (nSPS) is 12.2. The van der Waals surface area contributed by atoms with Gasteiger partial charge < -0.3 is 10.2 Å². The van der Waals surface area contributed by atoms with Gasteiger partial charge in [0.15, 0.2) is 0 Å². The Balaban J connectivity index is 1.78. The van der Waals surface area contributed by atoms with Crippen molar-refractivity contribution >= 4 is 38.3 Å². The molecule has 31 heavy (non-hydrogen) atoms. The van der Waals surface area contributed by atoms with Crippen LogP contribution in [0.4, 0.5) is 0 Å². The Labute approximate surface area is 179 Å². The minimum Gasteiger partial charge on any atom is -0.456 e. The van der Waals surface area contributed by atoms with E-state index in [2.05, 4.69) is 30.3 Å². The van der Waals surface area contributed by atoms with Crippen LogP contribution in [0.25, 0.3) is 49.5 Å². The van der Waals surface area contributed by atoms with Gasteiger partial charge in [-0.1, -0.05) is 54.6 Å². The molecule has 0 aliphatic carbocycles. The van der Waals surface area contributed by atoms with Gasteiger partial charge in [-0.2, -0.15) is 5.26 Å². The second-order valence-corrected chi connectivity index (χ2v) is 7.23. The molecule has 4 heteroatoms. The largest absolute Gasteiger partial charge is 0.456 e. The van der Waals surface area contributed by atoms with Gasteiger partial charge in [-0.15, -0.1) is 0 Å². The van der Waals surface area contributed by atoms with Crippen LogP contribution in [0, 0.1) is 11.3 Å². The van der Waals surface area contributed by atoms with Crippen LogP contribution < -0.4 is 5.73 Å². The van der Waals surface area contributed by atoms with Crippen LogP contribution in [0.1, 0.15) is 12.1 Å². The summed E-state index contributed by atoms with van der Waals surface area (Å²) in [6.07, 6.45) is 5.35. The van der Waals surface area contributed by atoms with Crippen molar-refractivity contribution < 1.29 is 4.42 Å². The van der Waals surface area contributed by atoms with E-state index in [-0.39, 0.29) is 0 Å². The quantitative estimate of drug-likeness (QED) is 0.346. The molecule has 0 radical (unpaired) electrons. The Kier molecular flexibility index (Phi) is 4.70. The van der Waals surface area contributed by atoms with E-state index in [1.165, 1.54) is 6.20 Å². The topological polar surface area (TPSA) is 75.8 Å². The molecule has 5 rings (SSSR count). The van der Waals surface area contributed by atoms with Crippen LogP contribution in [-0.2, 0) is 0 Å². The zero-order chi connectivity index (χ0) is 21.2. The van der Waals surface area contributed by atoms with E-state index in [1.807, 2.05) is 54.6 Å². The number of pyridine rings is 1. The zero-order valence-corrected chi connectivity index (χ0v) is 16.7. The number of nitriles is 1. The number of nitrogens with zero attached hydrogens (tertiary/aromatic N) is 2. The number of hydrogen-bond donors (Lipinski definition) is 1. The molecule has 0 atom stereocenters. The summed E-state index contributed by atoms with van der Waals surface area (Å²) in [6.45, 7) is 0. The molecule has 0 fully saturated rings. The lowest BCUT2D eigenvalue weighted by Crippen LogP contribution is -1.93. The molecule has 0 saturated carbocycles. The number of nitrogens with two attached hydrogens (primary N) is 1. The molecule has 2 aromatic heterocycles. The molecular weight excluding hydrogens is 382 g/mol. The van der Waals surface area contributed by atoms with Gasteiger partial charge in [0, 0.05) is 16.3 Å². The highest BCUT2D eigenvalue weighted by Crippen LogP contribution is 2.39. The molecule has 0 saturated heterocycles. The highest BCUT2D eigenvalue weighted by Gasteiger charge is 2.15. The number of rotatable bonds is 4. The Bertz CT molecular complexity index is 1530. The average Bonchev–Trinajstić information content (AvgIpc) is 3.20. The fourth-order valence-electron chi connectivity index (χ4n) is 4.06. The van der Waals surface area contributed by atoms with E-state index in [0.29, 0.717) is 6.42 Å². The maximum atomic E-state index is 8.96. The summed E-state index contributed by atoms with van der Waals surface area (Å²) in [5, 5.41) is 13.4. The molecule has 0 bridgehead atoms. The van der Waals surface area contributed by atoms with Crippen LogP contribution in [0.2, 0.25) is 0 Å². The van der Waals surface area contributed by atoms with Crippen LogP contribution in [0.5, 0.6) is 0 Å². The molecule has 148 valence electrons. The number of fused-ring (bicyclic) bond motifs is 5. The third-order valence-corrected chi connectivity index (χ3v) is 5.39. The molecule has 0 aliphatic heterocycles. The van der Waals surface area contributed by atoms with Crippen molar-refractivity contribution in [3.05, 3.63) is 96.8 Å². The van der Waals surface area contributed by atoms with Crippen molar-refractivity contribution in [3.63, 3.8) is 0 Å². The second kappa shape index (κ2) is 7.81. The first kappa shape index (κ1) is 18.7. The predicted molar refractivity (Wildman–Crippen MR) is 126 cm³/mol.